The maximum absolute atomic E-state index is 13.2. The van der Waals surface area contributed by atoms with E-state index in [2.05, 4.69) is 49.8 Å². The van der Waals surface area contributed by atoms with Gasteiger partial charge in [0.1, 0.15) is 5.82 Å². The highest BCUT2D eigenvalue weighted by molar-refractivity contribution is 6.04. The van der Waals surface area contributed by atoms with Crippen molar-refractivity contribution >= 4 is 29.3 Å². The number of H-pyrrole nitrogens is 1. The van der Waals surface area contributed by atoms with Crippen LogP contribution >= 0.6 is 0 Å². The maximum atomic E-state index is 13.2. The number of benzene rings is 2. The molecule has 2 aromatic carbocycles. The number of hydrogen-bond donors (Lipinski definition) is 3. The topological polar surface area (TPSA) is 107 Å². The molecule has 0 aliphatic carbocycles. The van der Waals surface area contributed by atoms with Crippen LogP contribution in [0.1, 0.15) is 47.4 Å². The molecule has 5 rings (SSSR count). The van der Waals surface area contributed by atoms with E-state index in [0.29, 0.717) is 17.6 Å². The zero-order valence-electron chi connectivity index (χ0n) is 20.6. The van der Waals surface area contributed by atoms with Crippen molar-refractivity contribution in [1.29, 1.82) is 0 Å². The number of aryl methyl sites for hydroxylation is 2. The first kappa shape index (κ1) is 23.8. The Bertz CT molecular complexity index is 1340. The fraction of sp³-hybridized carbons (Fsp3) is 0.357. The lowest BCUT2D eigenvalue weighted by Gasteiger charge is -2.33. The summed E-state index contributed by atoms with van der Waals surface area (Å²) in [6.07, 6.45) is 2.92. The monoisotopic (exact) mass is 485 g/mol. The third-order valence-electron chi connectivity index (χ3n) is 7.19. The summed E-state index contributed by atoms with van der Waals surface area (Å²) in [6.45, 7) is 5.38. The number of rotatable bonds is 5. The van der Waals surface area contributed by atoms with E-state index < -0.39 is 5.92 Å². The predicted octanol–water partition coefficient (Wildman–Crippen LogP) is 3.91. The van der Waals surface area contributed by atoms with Crippen LogP contribution < -0.4 is 21.1 Å². The molecule has 0 radical (unpaired) electrons. The van der Waals surface area contributed by atoms with Gasteiger partial charge < -0.3 is 15.5 Å². The number of carbonyl (C=O) groups excluding carboxylic acids is 2. The molecule has 1 aromatic heterocycles. The lowest BCUT2D eigenvalue weighted by atomic mass is 9.90. The average Bonchev–Trinajstić information content (AvgIpc) is 2.86. The maximum Gasteiger partial charge on any atom is 0.258 e. The first-order valence-corrected chi connectivity index (χ1v) is 12.5. The first-order chi connectivity index (χ1) is 17.4. The summed E-state index contributed by atoms with van der Waals surface area (Å²) in [6, 6.07) is 16.2. The average molecular weight is 486 g/mol. The summed E-state index contributed by atoms with van der Waals surface area (Å²) in [5.41, 5.74) is 3.75. The van der Waals surface area contributed by atoms with Crippen LogP contribution in [0.2, 0.25) is 0 Å². The number of aromatic amines is 1. The van der Waals surface area contributed by atoms with Gasteiger partial charge in [0.05, 0.1) is 11.5 Å². The van der Waals surface area contributed by atoms with Crippen molar-refractivity contribution in [2.24, 2.45) is 5.92 Å². The Morgan fingerprint density at radius 1 is 1.08 bits per heavy atom. The van der Waals surface area contributed by atoms with Gasteiger partial charge in [-0.15, -0.1) is 0 Å². The standard InChI is InChI=1S/C28H31N5O3/c1-17-8-9-18(2)22(14-17)29-26(35)21-16-23(34)30-25-24(21)27(36)32-28(31-25)33-12-10-20(11-13-33)15-19-6-4-3-5-7-19/h3-9,14,20-21H,10-13,15-16H2,1-2H3,(H,29,35)(H2,30,31,32,34,36)/t21-/m1/s1. The second kappa shape index (κ2) is 9.97. The van der Waals surface area contributed by atoms with Gasteiger partial charge in [-0.05, 0) is 61.8 Å². The van der Waals surface area contributed by atoms with Crippen LogP contribution in [0.4, 0.5) is 17.5 Å². The lowest BCUT2D eigenvalue weighted by molar-refractivity contribution is -0.123. The van der Waals surface area contributed by atoms with Crippen molar-refractivity contribution in [2.45, 2.75) is 45.4 Å². The van der Waals surface area contributed by atoms with Crippen LogP contribution in [0.25, 0.3) is 0 Å². The van der Waals surface area contributed by atoms with E-state index in [4.69, 9.17) is 0 Å². The van der Waals surface area contributed by atoms with E-state index in [1.165, 1.54) is 5.56 Å². The molecule has 2 amide bonds. The van der Waals surface area contributed by atoms with Crippen LogP contribution in [0.15, 0.2) is 53.3 Å². The normalized spacial score (nSPS) is 17.9. The van der Waals surface area contributed by atoms with Crippen molar-refractivity contribution in [2.75, 3.05) is 28.6 Å². The van der Waals surface area contributed by atoms with Gasteiger partial charge in [0.25, 0.3) is 5.56 Å². The van der Waals surface area contributed by atoms with Crippen LogP contribution in [-0.2, 0) is 16.0 Å². The second-order valence-electron chi connectivity index (χ2n) is 9.88. The second-order valence-corrected chi connectivity index (χ2v) is 9.88. The van der Waals surface area contributed by atoms with Crippen molar-refractivity contribution in [3.63, 3.8) is 0 Å². The Balaban J connectivity index is 1.33. The number of nitrogens with one attached hydrogen (secondary N) is 3. The largest absolute Gasteiger partial charge is 0.342 e. The third kappa shape index (κ3) is 5.03. The van der Waals surface area contributed by atoms with Crippen LogP contribution in [0.5, 0.6) is 0 Å². The van der Waals surface area contributed by atoms with Gasteiger partial charge in [-0.1, -0.05) is 42.5 Å². The molecular formula is C28H31N5O3. The van der Waals surface area contributed by atoms with E-state index in [1.54, 1.807) is 0 Å². The number of aromatic nitrogens is 2. The zero-order chi connectivity index (χ0) is 25.2. The SMILES string of the molecule is Cc1ccc(C)c(NC(=O)[C@@H]2CC(=O)Nc3nc(N4CCC(Cc5ccccc5)CC4)[nH]c(=O)c32)c1. The van der Waals surface area contributed by atoms with E-state index >= 15 is 0 Å². The first-order valence-electron chi connectivity index (χ1n) is 12.5. The van der Waals surface area contributed by atoms with Gasteiger partial charge in [0.2, 0.25) is 17.8 Å². The van der Waals surface area contributed by atoms with E-state index in [1.807, 2.05) is 38.1 Å². The Kier molecular flexibility index (Phi) is 6.59. The fourth-order valence-corrected chi connectivity index (χ4v) is 5.12. The van der Waals surface area contributed by atoms with Gasteiger partial charge >= 0.3 is 0 Å². The predicted molar refractivity (Wildman–Crippen MR) is 140 cm³/mol. The van der Waals surface area contributed by atoms with Crippen molar-refractivity contribution < 1.29 is 9.59 Å². The molecule has 1 atom stereocenters. The molecular weight excluding hydrogens is 454 g/mol. The number of hydrogen-bond acceptors (Lipinski definition) is 5. The molecule has 1 fully saturated rings. The van der Waals surface area contributed by atoms with Crippen LogP contribution in [0.3, 0.4) is 0 Å². The lowest BCUT2D eigenvalue weighted by Crippen LogP contribution is -2.40. The minimum Gasteiger partial charge on any atom is -0.342 e. The van der Waals surface area contributed by atoms with Crippen LogP contribution in [-0.4, -0.2) is 34.9 Å². The number of amides is 2. The molecule has 3 N–H and O–H groups in total. The van der Waals surface area contributed by atoms with Crippen LogP contribution in [0, 0.1) is 19.8 Å². The van der Waals surface area contributed by atoms with Gasteiger partial charge in [-0.25, -0.2) is 0 Å². The van der Waals surface area contributed by atoms with Crippen molar-refractivity contribution in [3.05, 3.63) is 81.1 Å². The molecule has 0 bridgehead atoms. The minimum atomic E-state index is -0.907. The number of carbonyl (C=O) groups is 2. The molecule has 0 unspecified atom stereocenters. The smallest absolute Gasteiger partial charge is 0.258 e. The van der Waals surface area contributed by atoms with E-state index in [-0.39, 0.29) is 35.2 Å². The number of piperidine rings is 1. The molecule has 0 saturated carbocycles. The number of anilines is 3. The molecule has 8 nitrogen and oxygen atoms in total. The molecule has 36 heavy (non-hydrogen) atoms. The highest BCUT2D eigenvalue weighted by Crippen LogP contribution is 2.32. The summed E-state index contributed by atoms with van der Waals surface area (Å²) in [5.74, 6) is -0.428. The molecule has 1 saturated heterocycles. The summed E-state index contributed by atoms with van der Waals surface area (Å²) in [7, 11) is 0. The highest BCUT2D eigenvalue weighted by Gasteiger charge is 2.35. The molecule has 186 valence electrons. The van der Waals surface area contributed by atoms with E-state index in [9.17, 15) is 14.4 Å². The number of nitrogens with zero attached hydrogens (tertiary/aromatic N) is 2. The summed E-state index contributed by atoms with van der Waals surface area (Å²) >= 11 is 0. The van der Waals surface area contributed by atoms with E-state index in [0.717, 1.165) is 43.5 Å². The molecule has 3 aromatic rings. The number of fused-ring (bicyclic) bond motifs is 1. The van der Waals surface area contributed by atoms with Gasteiger partial charge in [0, 0.05) is 25.2 Å². The van der Waals surface area contributed by atoms with Crippen molar-refractivity contribution in [3.8, 4) is 0 Å². The minimum absolute atomic E-state index is 0.0985. The quantitative estimate of drug-likeness (QED) is 0.508. The molecule has 2 aliphatic rings. The Morgan fingerprint density at radius 2 is 1.83 bits per heavy atom. The third-order valence-corrected chi connectivity index (χ3v) is 7.19. The van der Waals surface area contributed by atoms with Gasteiger partial charge in [-0.2, -0.15) is 4.98 Å². The highest BCUT2D eigenvalue weighted by atomic mass is 16.2. The van der Waals surface area contributed by atoms with Crippen molar-refractivity contribution in [1.82, 2.24) is 9.97 Å². The Morgan fingerprint density at radius 3 is 2.58 bits per heavy atom. The summed E-state index contributed by atoms with van der Waals surface area (Å²) in [5, 5.41) is 5.62. The summed E-state index contributed by atoms with van der Waals surface area (Å²) in [4.78, 5) is 48.3. The van der Waals surface area contributed by atoms with Gasteiger partial charge in [0.15, 0.2) is 0 Å². The fourth-order valence-electron chi connectivity index (χ4n) is 5.12. The molecule has 8 heteroatoms. The summed E-state index contributed by atoms with van der Waals surface area (Å²) < 4.78 is 0. The van der Waals surface area contributed by atoms with Gasteiger partial charge in [-0.3, -0.25) is 19.4 Å². The molecule has 3 heterocycles. The molecule has 2 aliphatic heterocycles. The zero-order valence-corrected chi connectivity index (χ0v) is 20.6. The Labute approximate surface area is 210 Å². The molecule has 0 spiro atoms. The Hall–Kier alpha value is -3.94.